The molecule has 0 bridgehead atoms. The number of benzene rings is 1. The molecule has 0 radical (unpaired) electrons. The quantitative estimate of drug-likeness (QED) is 0.670. The van der Waals surface area contributed by atoms with Gasteiger partial charge in [-0.3, -0.25) is 4.57 Å². The molecule has 2 aromatic rings. The number of hydrogen-bond donors (Lipinski definition) is 1. The number of nitro groups is 1. The van der Waals surface area contributed by atoms with Gasteiger partial charge in [-0.2, -0.15) is 0 Å². The predicted molar refractivity (Wildman–Crippen MR) is 69.5 cm³/mol. The van der Waals surface area contributed by atoms with E-state index in [2.05, 4.69) is 4.98 Å². The monoisotopic (exact) mass is 275 g/mol. The third-order valence-electron chi connectivity index (χ3n) is 3.26. The highest BCUT2D eigenvalue weighted by Crippen LogP contribution is 2.25. The maximum Gasteiger partial charge on any atom is 0.414 e. The lowest BCUT2D eigenvalue weighted by molar-refractivity contribution is -0.389. The highest BCUT2D eigenvalue weighted by Gasteiger charge is 2.34. The molecule has 0 aliphatic carbocycles. The number of aromatic nitrogens is 2. The summed E-state index contributed by atoms with van der Waals surface area (Å²) in [5.41, 5.74) is 1.03. The van der Waals surface area contributed by atoms with Gasteiger partial charge in [-0.15, -0.1) is 0 Å². The van der Waals surface area contributed by atoms with Crippen molar-refractivity contribution < 1.29 is 14.8 Å². The molecule has 104 valence electrons. The van der Waals surface area contributed by atoms with Crippen molar-refractivity contribution in [3.8, 4) is 6.01 Å². The van der Waals surface area contributed by atoms with Crippen molar-refractivity contribution in [3.63, 3.8) is 0 Å². The Morgan fingerprint density at radius 2 is 2.20 bits per heavy atom. The van der Waals surface area contributed by atoms with Gasteiger partial charge in [-0.05, 0) is 10.5 Å². The molecule has 0 spiro atoms. The van der Waals surface area contributed by atoms with Gasteiger partial charge in [-0.1, -0.05) is 30.3 Å². The van der Waals surface area contributed by atoms with E-state index in [1.807, 2.05) is 30.3 Å². The van der Waals surface area contributed by atoms with Crippen LogP contribution in [0.15, 0.2) is 36.5 Å². The summed E-state index contributed by atoms with van der Waals surface area (Å²) in [6.45, 7) is 0.244. The average molecular weight is 275 g/mol. The second kappa shape index (κ2) is 4.93. The van der Waals surface area contributed by atoms with Crippen LogP contribution in [0.25, 0.3) is 0 Å². The molecule has 1 aliphatic rings. The molecule has 0 saturated heterocycles. The van der Waals surface area contributed by atoms with Gasteiger partial charge < -0.3 is 20.0 Å². The molecule has 0 unspecified atom stereocenters. The SMILES string of the molecule is O=[N+]([O-])c1cn2c(n1)O[C@H](Cc1ccccc1)[C@H](O)C2. The molecular formula is C13H13N3O4. The van der Waals surface area contributed by atoms with Gasteiger partial charge in [0.2, 0.25) is 0 Å². The zero-order valence-electron chi connectivity index (χ0n) is 10.5. The maximum absolute atomic E-state index is 10.7. The predicted octanol–water partition coefficient (Wildman–Crippen LogP) is 1.16. The molecular weight excluding hydrogens is 262 g/mol. The van der Waals surface area contributed by atoms with E-state index in [1.165, 1.54) is 10.8 Å². The minimum absolute atomic E-state index is 0.183. The number of aliphatic hydroxyl groups is 1. The third-order valence-corrected chi connectivity index (χ3v) is 3.26. The lowest BCUT2D eigenvalue weighted by atomic mass is 10.0. The summed E-state index contributed by atoms with van der Waals surface area (Å²) in [6.07, 6.45) is 0.628. The van der Waals surface area contributed by atoms with Crippen LogP contribution in [-0.2, 0) is 13.0 Å². The van der Waals surface area contributed by atoms with Crippen LogP contribution >= 0.6 is 0 Å². The van der Waals surface area contributed by atoms with Crippen molar-refractivity contribution in [2.45, 2.75) is 25.2 Å². The van der Waals surface area contributed by atoms with Gasteiger partial charge in [-0.25, -0.2) is 0 Å². The van der Waals surface area contributed by atoms with Crippen LogP contribution in [0.5, 0.6) is 6.01 Å². The van der Waals surface area contributed by atoms with E-state index in [-0.39, 0.29) is 18.4 Å². The Kier molecular flexibility index (Phi) is 3.11. The smallest absolute Gasteiger partial charge is 0.414 e. The molecule has 0 fully saturated rings. The topological polar surface area (TPSA) is 90.4 Å². The minimum atomic E-state index is -0.725. The summed E-state index contributed by atoms with van der Waals surface area (Å²) in [5, 5.41) is 20.8. The van der Waals surface area contributed by atoms with Crippen LogP contribution in [0.4, 0.5) is 5.82 Å². The van der Waals surface area contributed by atoms with Crippen LogP contribution in [0.3, 0.4) is 0 Å². The Bertz CT molecular complexity index is 626. The van der Waals surface area contributed by atoms with Gasteiger partial charge in [0.1, 0.15) is 18.4 Å². The van der Waals surface area contributed by atoms with Crippen molar-refractivity contribution in [3.05, 3.63) is 52.2 Å². The van der Waals surface area contributed by atoms with E-state index >= 15 is 0 Å². The normalized spacial score (nSPS) is 21.1. The van der Waals surface area contributed by atoms with Gasteiger partial charge in [0, 0.05) is 11.4 Å². The van der Waals surface area contributed by atoms with Crippen molar-refractivity contribution in [2.24, 2.45) is 0 Å². The number of rotatable bonds is 3. The first-order valence-electron chi connectivity index (χ1n) is 6.23. The highest BCUT2D eigenvalue weighted by molar-refractivity contribution is 5.23. The fourth-order valence-corrected chi connectivity index (χ4v) is 2.26. The standard InChI is InChI=1S/C13H13N3O4/c17-10-7-15-8-12(16(18)19)14-13(15)20-11(10)6-9-4-2-1-3-5-9/h1-5,8,10-11,17H,6-7H2/t10-,11-/m1/s1. The van der Waals surface area contributed by atoms with Crippen molar-refractivity contribution in [2.75, 3.05) is 0 Å². The number of fused-ring (bicyclic) bond motifs is 1. The summed E-state index contributed by atoms with van der Waals surface area (Å²) in [4.78, 5) is 13.9. The minimum Gasteiger partial charge on any atom is -0.439 e. The molecule has 1 aromatic carbocycles. The third kappa shape index (κ3) is 2.35. The molecule has 2 heterocycles. The van der Waals surface area contributed by atoms with Crippen molar-refractivity contribution in [1.82, 2.24) is 9.55 Å². The lowest BCUT2D eigenvalue weighted by Gasteiger charge is -2.27. The van der Waals surface area contributed by atoms with E-state index in [9.17, 15) is 15.2 Å². The van der Waals surface area contributed by atoms with Crippen LogP contribution in [0.1, 0.15) is 5.56 Å². The Morgan fingerprint density at radius 3 is 2.90 bits per heavy atom. The summed E-state index contributed by atoms with van der Waals surface area (Å²) in [7, 11) is 0. The zero-order valence-corrected chi connectivity index (χ0v) is 10.5. The first-order valence-corrected chi connectivity index (χ1v) is 6.23. The molecule has 1 N–H and O–H groups in total. The molecule has 7 nitrogen and oxygen atoms in total. The average Bonchev–Trinajstić information content (AvgIpc) is 2.83. The second-order valence-corrected chi connectivity index (χ2v) is 4.70. The van der Waals surface area contributed by atoms with Gasteiger partial charge in [0.15, 0.2) is 0 Å². The number of hydrogen-bond acceptors (Lipinski definition) is 5. The Morgan fingerprint density at radius 1 is 1.45 bits per heavy atom. The van der Waals surface area contributed by atoms with E-state index in [4.69, 9.17) is 4.74 Å². The van der Waals surface area contributed by atoms with E-state index in [0.717, 1.165) is 5.56 Å². The van der Waals surface area contributed by atoms with Crippen LogP contribution < -0.4 is 4.74 Å². The fourth-order valence-electron chi connectivity index (χ4n) is 2.26. The van der Waals surface area contributed by atoms with Gasteiger partial charge in [0.25, 0.3) is 0 Å². The van der Waals surface area contributed by atoms with Crippen molar-refractivity contribution >= 4 is 5.82 Å². The molecule has 0 amide bonds. The van der Waals surface area contributed by atoms with Crippen LogP contribution in [0, 0.1) is 10.1 Å². The lowest BCUT2D eigenvalue weighted by Crippen LogP contribution is -2.41. The molecule has 7 heteroatoms. The molecule has 2 atom stereocenters. The highest BCUT2D eigenvalue weighted by atomic mass is 16.6. The molecule has 3 rings (SSSR count). The second-order valence-electron chi connectivity index (χ2n) is 4.70. The number of ether oxygens (including phenoxy) is 1. The van der Waals surface area contributed by atoms with E-state index in [1.54, 1.807) is 0 Å². The van der Waals surface area contributed by atoms with E-state index < -0.39 is 17.1 Å². The van der Waals surface area contributed by atoms with Gasteiger partial charge in [0.05, 0.1) is 6.54 Å². The largest absolute Gasteiger partial charge is 0.439 e. The summed E-state index contributed by atoms with van der Waals surface area (Å²) >= 11 is 0. The molecule has 1 aliphatic heterocycles. The van der Waals surface area contributed by atoms with Crippen LogP contribution in [0.2, 0.25) is 0 Å². The molecule has 1 aromatic heterocycles. The Labute approximate surface area is 114 Å². The van der Waals surface area contributed by atoms with Crippen molar-refractivity contribution in [1.29, 1.82) is 0 Å². The Hall–Kier alpha value is -2.41. The van der Waals surface area contributed by atoms with Crippen LogP contribution in [-0.4, -0.2) is 31.8 Å². The number of imidazole rings is 1. The number of aliphatic hydroxyl groups excluding tert-OH is 1. The fraction of sp³-hybridized carbons (Fsp3) is 0.308. The number of nitrogens with zero attached hydrogens (tertiary/aromatic N) is 3. The summed E-state index contributed by atoms with van der Waals surface area (Å²) < 4.78 is 7.04. The molecule has 20 heavy (non-hydrogen) atoms. The summed E-state index contributed by atoms with van der Waals surface area (Å²) in [6, 6.07) is 9.81. The zero-order chi connectivity index (χ0) is 14.1. The first kappa shape index (κ1) is 12.6. The molecule has 0 saturated carbocycles. The Balaban J connectivity index is 1.80. The van der Waals surface area contributed by atoms with Gasteiger partial charge >= 0.3 is 11.8 Å². The summed E-state index contributed by atoms with van der Waals surface area (Å²) in [5.74, 6) is -0.271. The van der Waals surface area contributed by atoms with E-state index in [0.29, 0.717) is 6.42 Å². The maximum atomic E-state index is 10.7. The first-order chi connectivity index (χ1) is 9.63.